The zero-order valence-electron chi connectivity index (χ0n) is 28.1. The van der Waals surface area contributed by atoms with Gasteiger partial charge in [0, 0.05) is 0 Å². The molecular formula is C37H66O7. The van der Waals surface area contributed by atoms with E-state index in [0.29, 0.717) is 12.0 Å². The van der Waals surface area contributed by atoms with Crippen molar-refractivity contribution in [1.82, 2.24) is 0 Å². The van der Waals surface area contributed by atoms with E-state index < -0.39 is 12.2 Å². The van der Waals surface area contributed by atoms with E-state index in [1.54, 1.807) is 6.08 Å². The molecule has 0 aromatic carbocycles. The van der Waals surface area contributed by atoms with Crippen LogP contribution < -0.4 is 0 Å². The van der Waals surface area contributed by atoms with Crippen LogP contribution in [0.2, 0.25) is 0 Å². The summed E-state index contributed by atoms with van der Waals surface area (Å²) in [7, 11) is 0. The molecule has 44 heavy (non-hydrogen) atoms. The second kappa shape index (κ2) is 21.7. The molecule has 0 aromatic heterocycles. The Morgan fingerprint density at radius 3 is 1.45 bits per heavy atom. The maximum atomic E-state index is 11.7. The summed E-state index contributed by atoms with van der Waals surface area (Å²) < 4.78 is 17.6. The van der Waals surface area contributed by atoms with E-state index in [1.165, 1.54) is 70.6 Å². The molecular weight excluding hydrogens is 556 g/mol. The van der Waals surface area contributed by atoms with E-state index in [1.807, 2.05) is 6.92 Å². The third kappa shape index (κ3) is 13.8. The van der Waals surface area contributed by atoms with Gasteiger partial charge in [-0.1, -0.05) is 116 Å². The molecule has 256 valence electrons. The SMILES string of the molecule is CCCCCCCCCCC(O)C1CCC(C2CCC(C(O)CCCCCCCCCCCC(O)C3=CC(C)OC3=O)O2)O1. The average Bonchev–Trinajstić information content (AvgIpc) is 3.77. The summed E-state index contributed by atoms with van der Waals surface area (Å²) in [5.74, 6) is -0.370. The van der Waals surface area contributed by atoms with Gasteiger partial charge in [-0.25, -0.2) is 4.79 Å². The Kier molecular flexibility index (Phi) is 18.5. The highest BCUT2D eigenvalue weighted by molar-refractivity contribution is 5.91. The van der Waals surface area contributed by atoms with Crippen LogP contribution in [0.5, 0.6) is 0 Å². The number of aliphatic hydroxyl groups is 3. The fourth-order valence-electron chi connectivity index (χ4n) is 7.27. The minimum absolute atomic E-state index is 0.0539. The lowest BCUT2D eigenvalue weighted by atomic mass is 10.00. The van der Waals surface area contributed by atoms with Crippen LogP contribution in [0.1, 0.15) is 168 Å². The normalized spacial score (nSPS) is 27.4. The van der Waals surface area contributed by atoms with Gasteiger partial charge in [-0.2, -0.15) is 0 Å². The van der Waals surface area contributed by atoms with Crippen molar-refractivity contribution < 1.29 is 34.3 Å². The van der Waals surface area contributed by atoms with Gasteiger partial charge < -0.3 is 29.5 Å². The van der Waals surface area contributed by atoms with E-state index in [4.69, 9.17) is 14.2 Å². The summed E-state index contributed by atoms with van der Waals surface area (Å²) in [6.45, 7) is 4.06. The van der Waals surface area contributed by atoms with Crippen molar-refractivity contribution in [3.8, 4) is 0 Å². The van der Waals surface area contributed by atoms with Gasteiger partial charge in [-0.05, 0) is 57.9 Å². The first-order valence-corrected chi connectivity index (χ1v) is 18.7. The summed E-state index contributed by atoms with van der Waals surface area (Å²) in [5, 5.41) is 31.6. The van der Waals surface area contributed by atoms with Gasteiger partial charge in [0.05, 0.1) is 48.3 Å². The van der Waals surface area contributed by atoms with Crippen molar-refractivity contribution in [2.24, 2.45) is 0 Å². The molecule has 8 unspecified atom stereocenters. The zero-order chi connectivity index (χ0) is 31.6. The number of cyclic esters (lactones) is 1. The highest BCUT2D eigenvalue weighted by Gasteiger charge is 2.40. The highest BCUT2D eigenvalue weighted by Crippen LogP contribution is 2.34. The van der Waals surface area contributed by atoms with Crippen molar-refractivity contribution in [3.05, 3.63) is 11.6 Å². The van der Waals surface area contributed by atoms with Gasteiger partial charge in [0.1, 0.15) is 6.10 Å². The first-order chi connectivity index (χ1) is 21.4. The molecule has 2 saturated heterocycles. The Bertz CT molecular complexity index is 801. The molecule has 0 amide bonds. The van der Waals surface area contributed by atoms with Gasteiger partial charge in [0.15, 0.2) is 0 Å². The lowest BCUT2D eigenvalue weighted by molar-refractivity contribution is -0.139. The predicted octanol–water partition coefficient (Wildman–Crippen LogP) is 7.86. The summed E-state index contributed by atoms with van der Waals surface area (Å²) in [5.41, 5.74) is 0.429. The van der Waals surface area contributed by atoms with Crippen molar-refractivity contribution >= 4 is 5.97 Å². The topological polar surface area (TPSA) is 105 Å². The maximum absolute atomic E-state index is 11.7. The number of unbranched alkanes of at least 4 members (excludes halogenated alkanes) is 15. The molecule has 7 heteroatoms. The second-order valence-electron chi connectivity index (χ2n) is 14.0. The Morgan fingerprint density at radius 1 is 0.636 bits per heavy atom. The number of ether oxygens (including phenoxy) is 3. The number of carbonyl (C=O) groups excluding carboxylic acids is 1. The van der Waals surface area contributed by atoms with Gasteiger partial charge in [0.25, 0.3) is 0 Å². The fourth-order valence-corrected chi connectivity index (χ4v) is 7.27. The molecule has 3 aliphatic heterocycles. The summed E-state index contributed by atoms with van der Waals surface area (Å²) in [4.78, 5) is 11.7. The van der Waals surface area contributed by atoms with Gasteiger partial charge >= 0.3 is 5.97 Å². The third-order valence-electron chi connectivity index (χ3n) is 10.1. The molecule has 0 radical (unpaired) electrons. The molecule has 7 nitrogen and oxygen atoms in total. The van der Waals surface area contributed by atoms with E-state index in [-0.39, 0.29) is 42.6 Å². The van der Waals surface area contributed by atoms with E-state index in [0.717, 1.165) is 77.0 Å². The maximum Gasteiger partial charge on any atom is 0.337 e. The number of esters is 1. The van der Waals surface area contributed by atoms with Crippen LogP contribution >= 0.6 is 0 Å². The monoisotopic (exact) mass is 622 g/mol. The van der Waals surface area contributed by atoms with Crippen molar-refractivity contribution in [3.63, 3.8) is 0 Å². The summed E-state index contributed by atoms with van der Waals surface area (Å²) in [6, 6.07) is 0. The molecule has 3 N–H and O–H groups in total. The van der Waals surface area contributed by atoms with Crippen LogP contribution in [0.25, 0.3) is 0 Å². The number of hydrogen-bond acceptors (Lipinski definition) is 7. The van der Waals surface area contributed by atoms with Crippen molar-refractivity contribution in [2.45, 2.75) is 217 Å². The molecule has 2 fully saturated rings. The molecule has 0 saturated carbocycles. The van der Waals surface area contributed by atoms with Crippen LogP contribution in [-0.4, -0.2) is 70.1 Å². The fraction of sp³-hybridized carbons (Fsp3) is 0.919. The third-order valence-corrected chi connectivity index (χ3v) is 10.1. The van der Waals surface area contributed by atoms with E-state index in [2.05, 4.69) is 6.92 Å². The Hall–Kier alpha value is -0.990. The van der Waals surface area contributed by atoms with Crippen LogP contribution in [0, 0.1) is 0 Å². The number of carbonyl (C=O) groups is 1. The molecule has 0 bridgehead atoms. The van der Waals surface area contributed by atoms with E-state index in [9.17, 15) is 20.1 Å². The predicted molar refractivity (Wildman–Crippen MR) is 175 cm³/mol. The molecule has 0 aliphatic carbocycles. The molecule has 3 aliphatic rings. The molecule has 0 spiro atoms. The van der Waals surface area contributed by atoms with Crippen molar-refractivity contribution in [1.29, 1.82) is 0 Å². The number of rotatable bonds is 25. The first-order valence-electron chi connectivity index (χ1n) is 18.7. The molecule has 3 heterocycles. The van der Waals surface area contributed by atoms with Crippen LogP contribution in [-0.2, 0) is 19.0 Å². The average molecular weight is 623 g/mol. The van der Waals surface area contributed by atoms with E-state index >= 15 is 0 Å². The van der Waals surface area contributed by atoms with Gasteiger partial charge in [0.2, 0.25) is 0 Å². The minimum atomic E-state index is -0.694. The minimum Gasteiger partial charge on any atom is -0.455 e. The van der Waals surface area contributed by atoms with Crippen LogP contribution in [0.4, 0.5) is 0 Å². The highest BCUT2D eigenvalue weighted by atomic mass is 16.6. The molecule has 0 aromatic rings. The molecule has 3 rings (SSSR count). The van der Waals surface area contributed by atoms with Crippen molar-refractivity contribution in [2.75, 3.05) is 0 Å². The van der Waals surface area contributed by atoms with Crippen LogP contribution in [0.15, 0.2) is 11.6 Å². The first kappa shape index (κ1) is 37.5. The smallest absolute Gasteiger partial charge is 0.337 e. The summed E-state index contributed by atoms with van der Waals surface area (Å²) in [6.07, 6.45) is 26.4. The zero-order valence-corrected chi connectivity index (χ0v) is 28.1. The van der Waals surface area contributed by atoms with Gasteiger partial charge in [-0.15, -0.1) is 0 Å². The Balaban J connectivity index is 1.13. The second-order valence-corrected chi connectivity index (χ2v) is 14.0. The lowest BCUT2D eigenvalue weighted by Crippen LogP contribution is -2.33. The Morgan fingerprint density at radius 2 is 1.05 bits per heavy atom. The lowest BCUT2D eigenvalue weighted by Gasteiger charge is -2.24. The molecule has 8 atom stereocenters. The largest absolute Gasteiger partial charge is 0.455 e. The summed E-state index contributed by atoms with van der Waals surface area (Å²) >= 11 is 0. The van der Waals surface area contributed by atoms with Gasteiger partial charge in [-0.3, -0.25) is 0 Å². The van der Waals surface area contributed by atoms with Crippen LogP contribution in [0.3, 0.4) is 0 Å². The standard InChI is InChI=1S/C37H66O7/c1-3-4-5-6-7-11-15-18-21-31(39)33-23-25-35(43-33)36-26-24-34(44-36)32(40)22-19-16-13-10-8-9-12-14-17-20-30(38)29-27-28(2)42-37(29)41/h27-28,30-36,38-40H,3-26H2,1-2H3. The number of aliphatic hydroxyl groups excluding tert-OH is 3. The quantitative estimate of drug-likeness (QED) is 0.0703. The Labute approximate surface area is 268 Å². The number of hydrogen-bond donors (Lipinski definition) is 3.